The van der Waals surface area contributed by atoms with Gasteiger partial charge in [0.25, 0.3) is 0 Å². The van der Waals surface area contributed by atoms with Crippen molar-refractivity contribution in [2.24, 2.45) is 0 Å². The third-order valence-electron chi connectivity index (χ3n) is 0.262. The molecule has 0 spiro atoms. The standard InChI is InChI=1S/C2H6O4S.Zn/c1-2-6-7(3,4)5;/h2H2,1H3,(H,3,4,5);/q;+2/p-1. The summed E-state index contributed by atoms with van der Waals surface area (Å²) in [6, 6.07) is 0. The van der Waals surface area contributed by atoms with Gasteiger partial charge in [0.2, 0.25) is 10.4 Å². The van der Waals surface area contributed by atoms with Crippen LogP contribution in [0.3, 0.4) is 0 Å². The van der Waals surface area contributed by atoms with Gasteiger partial charge in [0.15, 0.2) is 0 Å². The Morgan fingerprint density at radius 1 is 1.62 bits per heavy atom. The molecule has 0 aromatic rings. The molecule has 0 rings (SSSR count). The van der Waals surface area contributed by atoms with E-state index in [9.17, 15) is 13.0 Å². The minimum Gasteiger partial charge on any atom is -0.726 e. The molecule has 44 valence electrons. The summed E-state index contributed by atoms with van der Waals surface area (Å²) in [7, 11) is -4.42. The van der Waals surface area contributed by atoms with Gasteiger partial charge in [0.05, 0.1) is 6.61 Å². The van der Waals surface area contributed by atoms with Crippen LogP contribution in [0.4, 0.5) is 0 Å². The Kier molecular flexibility index (Phi) is 6.19. The predicted octanol–water partition coefficient (Wildman–Crippen LogP) is -0.519. The maximum absolute atomic E-state index is 9.45. The van der Waals surface area contributed by atoms with E-state index < -0.39 is 10.4 Å². The molecule has 0 amide bonds. The molecule has 0 unspecified atom stereocenters. The summed E-state index contributed by atoms with van der Waals surface area (Å²) in [5.41, 5.74) is 0. The van der Waals surface area contributed by atoms with Gasteiger partial charge in [-0.15, -0.1) is 0 Å². The van der Waals surface area contributed by atoms with Crippen LogP contribution in [-0.4, -0.2) is 19.6 Å². The van der Waals surface area contributed by atoms with Crippen LogP contribution >= 0.6 is 0 Å². The molecule has 0 atom stereocenters. The first-order valence-corrected chi connectivity index (χ1v) is 3.00. The van der Waals surface area contributed by atoms with Crippen LogP contribution in [0.1, 0.15) is 6.92 Å². The molecule has 0 aromatic heterocycles. The van der Waals surface area contributed by atoms with Gasteiger partial charge in [-0.2, -0.15) is 0 Å². The van der Waals surface area contributed by atoms with Crippen LogP contribution in [-0.2, 0) is 34.1 Å². The zero-order valence-electron chi connectivity index (χ0n) is 4.46. The predicted molar refractivity (Wildman–Crippen MR) is 21.3 cm³/mol. The minimum atomic E-state index is -4.42. The van der Waals surface area contributed by atoms with Crippen LogP contribution in [0.25, 0.3) is 0 Å². The Morgan fingerprint density at radius 2 is 2.00 bits per heavy atom. The van der Waals surface area contributed by atoms with Crippen molar-refractivity contribution < 1.29 is 36.6 Å². The summed E-state index contributed by atoms with van der Waals surface area (Å²) in [6.07, 6.45) is 0. The maximum Gasteiger partial charge on any atom is 2.00 e. The second-order valence-corrected chi connectivity index (χ2v) is 1.87. The largest absolute Gasteiger partial charge is 2.00 e. The first kappa shape index (κ1) is 11.3. The Hall–Kier alpha value is 0.493. The van der Waals surface area contributed by atoms with Crippen molar-refractivity contribution in [3.8, 4) is 0 Å². The van der Waals surface area contributed by atoms with E-state index in [0.717, 1.165) is 0 Å². The number of hydrogen-bond acceptors (Lipinski definition) is 4. The van der Waals surface area contributed by atoms with Crippen LogP contribution in [0.5, 0.6) is 0 Å². The second kappa shape index (κ2) is 4.38. The Morgan fingerprint density at radius 3 is 2.00 bits per heavy atom. The van der Waals surface area contributed by atoms with E-state index >= 15 is 0 Å². The molecule has 0 bridgehead atoms. The monoisotopic (exact) mass is 189 g/mol. The third kappa shape index (κ3) is 9.71. The van der Waals surface area contributed by atoms with E-state index in [1.54, 1.807) is 0 Å². The smallest absolute Gasteiger partial charge is 0.726 e. The average molecular weight is 191 g/mol. The molecule has 0 radical (unpaired) electrons. The average Bonchev–Trinajstić information content (AvgIpc) is 1.30. The number of hydrogen-bond donors (Lipinski definition) is 0. The fourth-order valence-electron chi connectivity index (χ4n) is 0.144. The summed E-state index contributed by atoms with van der Waals surface area (Å²) in [5.74, 6) is 0. The normalized spacial score (nSPS) is 10.2. The van der Waals surface area contributed by atoms with Gasteiger partial charge >= 0.3 is 19.5 Å². The van der Waals surface area contributed by atoms with Crippen molar-refractivity contribution in [1.82, 2.24) is 0 Å². The second-order valence-electron chi connectivity index (χ2n) is 0.815. The van der Waals surface area contributed by atoms with Gasteiger partial charge in [-0.25, -0.2) is 8.42 Å². The van der Waals surface area contributed by atoms with E-state index in [1.807, 2.05) is 0 Å². The summed E-state index contributed by atoms with van der Waals surface area (Å²) in [5, 5.41) is 0. The van der Waals surface area contributed by atoms with E-state index in [1.165, 1.54) is 6.92 Å². The Bertz CT molecular complexity index is 127. The third-order valence-corrected chi connectivity index (χ3v) is 0.787. The van der Waals surface area contributed by atoms with Crippen LogP contribution < -0.4 is 0 Å². The minimum absolute atomic E-state index is 0. The Balaban J connectivity index is 0. The van der Waals surface area contributed by atoms with Crippen molar-refractivity contribution in [1.29, 1.82) is 0 Å². The molecule has 0 aliphatic carbocycles. The van der Waals surface area contributed by atoms with Crippen molar-refractivity contribution >= 4 is 10.4 Å². The van der Waals surface area contributed by atoms with Gasteiger partial charge in [0, 0.05) is 0 Å². The molecular formula is C2H5O4SZn+. The summed E-state index contributed by atoms with van der Waals surface area (Å²) in [6.45, 7) is 1.33. The molecule has 0 aliphatic heterocycles. The molecule has 0 heterocycles. The van der Waals surface area contributed by atoms with Crippen molar-refractivity contribution in [2.45, 2.75) is 6.92 Å². The molecule has 8 heavy (non-hydrogen) atoms. The van der Waals surface area contributed by atoms with Gasteiger partial charge in [-0.3, -0.25) is 4.18 Å². The van der Waals surface area contributed by atoms with E-state index in [2.05, 4.69) is 4.18 Å². The van der Waals surface area contributed by atoms with Crippen molar-refractivity contribution in [2.75, 3.05) is 6.61 Å². The van der Waals surface area contributed by atoms with E-state index in [0.29, 0.717) is 0 Å². The molecule has 0 fully saturated rings. The SMILES string of the molecule is CCOS(=O)(=O)[O-].[Zn+2]. The first-order chi connectivity index (χ1) is 3.06. The molecule has 0 N–H and O–H groups in total. The van der Waals surface area contributed by atoms with Gasteiger partial charge in [0.1, 0.15) is 0 Å². The van der Waals surface area contributed by atoms with Crippen molar-refractivity contribution in [3.63, 3.8) is 0 Å². The molecule has 0 aromatic carbocycles. The van der Waals surface area contributed by atoms with Gasteiger partial charge in [-0.1, -0.05) is 0 Å². The van der Waals surface area contributed by atoms with Crippen LogP contribution in [0.15, 0.2) is 0 Å². The molecule has 4 nitrogen and oxygen atoms in total. The van der Waals surface area contributed by atoms with Crippen molar-refractivity contribution in [3.05, 3.63) is 0 Å². The molecule has 0 saturated carbocycles. The first-order valence-electron chi connectivity index (χ1n) is 1.66. The van der Waals surface area contributed by atoms with E-state index in [4.69, 9.17) is 0 Å². The molecular weight excluding hydrogens is 185 g/mol. The van der Waals surface area contributed by atoms with Crippen LogP contribution in [0.2, 0.25) is 0 Å². The quantitative estimate of drug-likeness (QED) is 0.334. The summed E-state index contributed by atoms with van der Waals surface area (Å²) in [4.78, 5) is 0. The van der Waals surface area contributed by atoms with Crippen LogP contribution in [0, 0.1) is 0 Å². The molecule has 6 heteroatoms. The summed E-state index contributed by atoms with van der Waals surface area (Å²) >= 11 is 0. The zero-order valence-corrected chi connectivity index (χ0v) is 8.24. The maximum atomic E-state index is 9.45. The van der Waals surface area contributed by atoms with Gasteiger partial charge < -0.3 is 4.55 Å². The molecule has 0 saturated heterocycles. The Labute approximate surface area is 60.9 Å². The van der Waals surface area contributed by atoms with Gasteiger partial charge in [-0.05, 0) is 6.92 Å². The molecule has 0 aliphatic rings. The fourth-order valence-corrected chi connectivity index (χ4v) is 0.433. The topological polar surface area (TPSA) is 66.4 Å². The zero-order chi connectivity index (χ0) is 5.91. The number of rotatable bonds is 2. The summed E-state index contributed by atoms with van der Waals surface area (Å²) < 4.78 is 32.0. The fraction of sp³-hybridized carbons (Fsp3) is 1.00. The van der Waals surface area contributed by atoms with E-state index in [-0.39, 0.29) is 26.1 Å².